The van der Waals surface area contributed by atoms with Gasteiger partial charge in [-0.1, -0.05) is 41.9 Å². The topological polar surface area (TPSA) is 66.4 Å². The predicted molar refractivity (Wildman–Crippen MR) is 110 cm³/mol. The molecule has 0 spiro atoms. The first-order valence-corrected chi connectivity index (χ1v) is 9.48. The molecule has 27 heavy (non-hydrogen) atoms. The molecular formula is C21H14ClNO3S. The summed E-state index contributed by atoms with van der Waals surface area (Å²) >= 11 is 7.45. The highest BCUT2D eigenvalue weighted by atomic mass is 35.5. The number of aliphatic carboxylic acids is 1. The Bertz CT molecular complexity index is 1180. The molecule has 0 saturated carbocycles. The van der Waals surface area contributed by atoms with Crippen LogP contribution in [0.5, 0.6) is 0 Å². The summed E-state index contributed by atoms with van der Waals surface area (Å²) in [6.07, 6.45) is 0. The first-order valence-electron chi connectivity index (χ1n) is 8.22. The van der Waals surface area contributed by atoms with Gasteiger partial charge in [-0.05, 0) is 57.4 Å². The van der Waals surface area contributed by atoms with Crippen molar-refractivity contribution >= 4 is 61.4 Å². The molecule has 0 saturated heterocycles. The number of carboxylic acid groups (broad SMARTS) is 1. The monoisotopic (exact) mass is 395 g/mol. The number of benzene rings is 3. The molecule has 134 valence electrons. The largest absolute Gasteiger partial charge is 0.480 e. The van der Waals surface area contributed by atoms with Gasteiger partial charge in [0.2, 0.25) is 5.91 Å². The summed E-state index contributed by atoms with van der Waals surface area (Å²) in [6.45, 7) is 0. The molecule has 1 heterocycles. The van der Waals surface area contributed by atoms with Crippen LogP contribution in [-0.2, 0) is 9.59 Å². The van der Waals surface area contributed by atoms with E-state index in [9.17, 15) is 14.7 Å². The van der Waals surface area contributed by atoms with Crippen LogP contribution < -0.4 is 5.32 Å². The van der Waals surface area contributed by atoms with Gasteiger partial charge in [-0.2, -0.15) is 0 Å². The molecule has 3 aromatic carbocycles. The number of carboxylic acids is 1. The number of amides is 1. The third-order valence-corrected chi connectivity index (χ3v) is 5.62. The quantitative estimate of drug-likeness (QED) is 0.447. The van der Waals surface area contributed by atoms with E-state index in [0.717, 1.165) is 15.5 Å². The summed E-state index contributed by atoms with van der Waals surface area (Å²) in [5.41, 5.74) is 1.01. The van der Waals surface area contributed by atoms with Gasteiger partial charge in [0.1, 0.15) is 0 Å². The maximum absolute atomic E-state index is 12.8. The summed E-state index contributed by atoms with van der Waals surface area (Å²) in [6, 6.07) is 18.5. The van der Waals surface area contributed by atoms with Gasteiger partial charge in [-0.25, -0.2) is 0 Å². The number of hydrogen-bond donors (Lipinski definition) is 2. The average Bonchev–Trinajstić information content (AvgIpc) is 3.04. The number of carbonyl (C=O) groups excluding carboxylic acids is 1. The standard InChI is InChI=1S/C21H14ClNO3S/c22-14-6-8-18-16(10-14)17(11-27-18)19(21(25)26)20(24)23-15-7-5-12-3-1-2-4-13(12)9-15/h1-11,19H,(H,23,24)(H,25,26). The molecule has 4 nitrogen and oxygen atoms in total. The third-order valence-electron chi connectivity index (χ3n) is 4.40. The van der Waals surface area contributed by atoms with Crippen molar-refractivity contribution < 1.29 is 14.7 Å². The lowest BCUT2D eigenvalue weighted by Gasteiger charge is -2.13. The van der Waals surface area contributed by atoms with Crippen molar-refractivity contribution in [3.05, 3.63) is 76.6 Å². The minimum absolute atomic E-state index is 0.447. The molecule has 0 radical (unpaired) electrons. The second-order valence-electron chi connectivity index (χ2n) is 6.15. The van der Waals surface area contributed by atoms with E-state index in [1.165, 1.54) is 11.3 Å². The minimum Gasteiger partial charge on any atom is -0.480 e. The van der Waals surface area contributed by atoms with Crippen molar-refractivity contribution in [3.63, 3.8) is 0 Å². The minimum atomic E-state index is -1.32. The van der Waals surface area contributed by atoms with Crippen LogP contribution in [0.1, 0.15) is 11.5 Å². The van der Waals surface area contributed by atoms with E-state index in [4.69, 9.17) is 11.6 Å². The van der Waals surface area contributed by atoms with Crippen molar-refractivity contribution in [3.8, 4) is 0 Å². The van der Waals surface area contributed by atoms with E-state index < -0.39 is 17.8 Å². The van der Waals surface area contributed by atoms with Gasteiger partial charge in [0.25, 0.3) is 0 Å². The van der Waals surface area contributed by atoms with Gasteiger partial charge in [0.15, 0.2) is 5.92 Å². The second kappa shape index (κ2) is 7.02. The van der Waals surface area contributed by atoms with E-state index in [2.05, 4.69) is 5.32 Å². The van der Waals surface area contributed by atoms with Crippen molar-refractivity contribution in [1.82, 2.24) is 0 Å². The molecule has 4 rings (SSSR count). The molecule has 6 heteroatoms. The molecule has 1 atom stereocenters. The third kappa shape index (κ3) is 3.39. The lowest BCUT2D eigenvalue weighted by Crippen LogP contribution is -2.27. The lowest BCUT2D eigenvalue weighted by molar-refractivity contribution is -0.141. The molecule has 0 bridgehead atoms. The van der Waals surface area contributed by atoms with Crippen molar-refractivity contribution in [2.24, 2.45) is 0 Å². The van der Waals surface area contributed by atoms with Crippen LogP contribution in [0.15, 0.2) is 66.0 Å². The number of hydrogen-bond acceptors (Lipinski definition) is 3. The number of thiophene rings is 1. The number of anilines is 1. The van der Waals surface area contributed by atoms with Crippen molar-refractivity contribution in [1.29, 1.82) is 0 Å². The number of halogens is 1. The van der Waals surface area contributed by atoms with Crippen LogP contribution >= 0.6 is 22.9 Å². The summed E-state index contributed by atoms with van der Waals surface area (Å²) < 4.78 is 0.888. The lowest BCUT2D eigenvalue weighted by atomic mass is 9.97. The number of fused-ring (bicyclic) bond motifs is 2. The summed E-state index contributed by atoms with van der Waals surface area (Å²) in [5.74, 6) is -3.10. The fourth-order valence-electron chi connectivity index (χ4n) is 3.11. The Morgan fingerprint density at radius 2 is 1.78 bits per heavy atom. The van der Waals surface area contributed by atoms with E-state index in [1.54, 1.807) is 23.6 Å². The number of rotatable bonds is 4. The van der Waals surface area contributed by atoms with E-state index >= 15 is 0 Å². The van der Waals surface area contributed by atoms with Gasteiger partial charge in [0.05, 0.1) is 0 Å². The summed E-state index contributed by atoms with van der Waals surface area (Å²) in [4.78, 5) is 24.7. The highest BCUT2D eigenvalue weighted by molar-refractivity contribution is 7.17. The van der Waals surface area contributed by atoms with Gasteiger partial charge < -0.3 is 10.4 Å². The Balaban J connectivity index is 1.69. The van der Waals surface area contributed by atoms with Gasteiger partial charge >= 0.3 is 5.97 Å². The van der Waals surface area contributed by atoms with Crippen molar-refractivity contribution in [2.75, 3.05) is 5.32 Å². The van der Waals surface area contributed by atoms with E-state index in [1.807, 2.05) is 42.5 Å². The molecule has 2 N–H and O–H groups in total. The molecule has 0 aliphatic carbocycles. The first kappa shape index (κ1) is 17.5. The molecule has 1 unspecified atom stereocenters. The second-order valence-corrected chi connectivity index (χ2v) is 7.50. The van der Waals surface area contributed by atoms with Gasteiger partial charge in [0, 0.05) is 15.4 Å². The summed E-state index contributed by atoms with van der Waals surface area (Å²) in [5, 5.41) is 17.4. The maximum Gasteiger partial charge on any atom is 0.320 e. The highest BCUT2D eigenvalue weighted by Gasteiger charge is 2.30. The SMILES string of the molecule is O=C(O)C(C(=O)Nc1ccc2ccccc2c1)c1csc2ccc(Cl)cc12. The van der Waals surface area contributed by atoms with Gasteiger partial charge in [-0.15, -0.1) is 11.3 Å². The molecule has 4 aromatic rings. The molecule has 0 aliphatic rings. The van der Waals surface area contributed by atoms with Crippen LogP contribution in [0.25, 0.3) is 20.9 Å². The zero-order chi connectivity index (χ0) is 19.0. The Kier molecular flexibility index (Phi) is 4.56. The van der Waals surface area contributed by atoms with Gasteiger partial charge in [-0.3, -0.25) is 9.59 Å². The average molecular weight is 396 g/mol. The molecule has 1 aromatic heterocycles. The molecular weight excluding hydrogens is 382 g/mol. The zero-order valence-corrected chi connectivity index (χ0v) is 15.6. The van der Waals surface area contributed by atoms with Crippen LogP contribution in [0.3, 0.4) is 0 Å². The van der Waals surface area contributed by atoms with Crippen LogP contribution in [0, 0.1) is 0 Å². The first-order chi connectivity index (χ1) is 13.0. The van der Waals surface area contributed by atoms with Crippen LogP contribution in [0.2, 0.25) is 5.02 Å². The fourth-order valence-corrected chi connectivity index (χ4v) is 4.25. The summed E-state index contributed by atoms with van der Waals surface area (Å²) in [7, 11) is 0. The zero-order valence-electron chi connectivity index (χ0n) is 14.0. The Morgan fingerprint density at radius 3 is 2.56 bits per heavy atom. The fraction of sp³-hybridized carbons (Fsp3) is 0.0476. The molecule has 0 fully saturated rings. The smallest absolute Gasteiger partial charge is 0.320 e. The predicted octanol–water partition coefficient (Wildman–Crippen LogP) is 5.51. The molecule has 1 amide bonds. The molecule has 0 aliphatic heterocycles. The number of carbonyl (C=O) groups is 2. The van der Waals surface area contributed by atoms with Crippen LogP contribution in [0.4, 0.5) is 5.69 Å². The van der Waals surface area contributed by atoms with E-state index in [-0.39, 0.29) is 0 Å². The maximum atomic E-state index is 12.8. The Morgan fingerprint density at radius 1 is 1.00 bits per heavy atom. The normalized spacial score (nSPS) is 12.2. The Labute approximate surface area is 164 Å². The van der Waals surface area contributed by atoms with E-state index in [0.29, 0.717) is 21.7 Å². The van der Waals surface area contributed by atoms with Crippen molar-refractivity contribution in [2.45, 2.75) is 5.92 Å². The highest BCUT2D eigenvalue weighted by Crippen LogP contribution is 2.34. The van der Waals surface area contributed by atoms with Crippen LogP contribution in [-0.4, -0.2) is 17.0 Å². The number of nitrogens with one attached hydrogen (secondary N) is 1. The Hall–Kier alpha value is -2.89.